The minimum absolute atomic E-state index is 0.0495. The maximum Gasteiger partial charge on any atom is 0.407 e. The van der Waals surface area contributed by atoms with Crippen molar-refractivity contribution in [3.63, 3.8) is 0 Å². The average molecular weight is 223 g/mol. The third-order valence-electron chi connectivity index (χ3n) is 2.78. The van der Waals surface area contributed by atoms with E-state index >= 15 is 0 Å². The number of ether oxygens (including phenoxy) is 1. The Hall–Kier alpha value is -1.91. The SMILES string of the molecule is COc1cc2c(cc1O)CN(C(=O)O)CC2. The van der Waals surface area contributed by atoms with Crippen molar-refractivity contribution in [2.45, 2.75) is 13.0 Å². The van der Waals surface area contributed by atoms with Crippen molar-refractivity contribution in [3.8, 4) is 11.5 Å². The van der Waals surface area contributed by atoms with Crippen molar-refractivity contribution >= 4 is 6.09 Å². The summed E-state index contributed by atoms with van der Waals surface area (Å²) in [6.07, 6.45) is -0.279. The van der Waals surface area contributed by atoms with Crippen LogP contribution in [-0.2, 0) is 13.0 Å². The predicted molar refractivity (Wildman–Crippen MR) is 56.8 cm³/mol. The second-order valence-corrected chi connectivity index (χ2v) is 3.75. The van der Waals surface area contributed by atoms with Gasteiger partial charge in [-0.25, -0.2) is 4.79 Å². The molecule has 2 rings (SSSR count). The first kappa shape index (κ1) is 10.6. The number of aromatic hydroxyl groups is 1. The summed E-state index contributed by atoms with van der Waals surface area (Å²) in [6.45, 7) is 0.804. The Kier molecular flexibility index (Phi) is 2.60. The van der Waals surface area contributed by atoms with Crippen LogP contribution in [0.25, 0.3) is 0 Å². The fourth-order valence-corrected chi connectivity index (χ4v) is 1.90. The lowest BCUT2D eigenvalue weighted by atomic mass is 9.99. The van der Waals surface area contributed by atoms with E-state index < -0.39 is 6.09 Å². The largest absolute Gasteiger partial charge is 0.504 e. The lowest BCUT2D eigenvalue weighted by Gasteiger charge is -2.26. The van der Waals surface area contributed by atoms with E-state index in [2.05, 4.69) is 0 Å². The Labute approximate surface area is 92.9 Å². The van der Waals surface area contributed by atoms with Gasteiger partial charge in [-0.3, -0.25) is 0 Å². The molecule has 1 aromatic carbocycles. The molecule has 16 heavy (non-hydrogen) atoms. The number of methoxy groups -OCH3 is 1. The molecular formula is C11H13NO4. The maximum atomic E-state index is 10.8. The Morgan fingerprint density at radius 2 is 2.19 bits per heavy atom. The maximum absolute atomic E-state index is 10.8. The number of benzene rings is 1. The highest BCUT2D eigenvalue weighted by Gasteiger charge is 2.21. The number of fused-ring (bicyclic) bond motifs is 1. The number of amides is 1. The lowest BCUT2D eigenvalue weighted by molar-refractivity contribution is 0.140. The molecule has 0 spiro atoms. The fourth-order valence-electron chi connectivity index (χ4n) is 1.90. The van der Waals surface area contributed by atoms with Gasteiger partial charge in [-0.1, -0.05) is 0 Å². The van der Waals surface area contributed by atoms with Gasteiger partial charge in [-0.05, 0) is 29.7 Å². The first-order chi connectivity index (χ1) is 7.61. The summed E-state index contributed by atoms with van der Waals surface area (Å²) in [4.78, 5) is 12.1. The summed E-state index contributed by atoms with van der Waals surface area (Å²) in [6, 6.07) is 3.34. The van der Waals surface area contributed by atoms with Gasteiger partial charge in [0.1, 0.15) is 0 Å². The summed E-state index contributed by atoms with van der Waals surface area (Å²) >= 11 is 0. The summed E-state index contributed by atoms with van der Waals surface area (Å²) in [5, 5.41) is 18.5. The molecule has 0 saturated heterocycles. The summed E-state index contributed by atoms with van der Waals surface area (Å²) < 4.78 is 5.01. The number of carbonyl (C=O) groups is 1. The molecule has 1 aliphatic rings. The highest BCUT2D eigenvalue weighted by Crippen LogP contribution is 2.32. The second kappa shape index (κ2) is 3.92. The number of hydrogen-bond donors (Lipinski definition) is 2. The molecule has 0 atom stereocenters. The highest BCUT2D eigenvalue weighted by atomic mass is 16.5. The van der Waals surface area contributed by atoms with Crippen LogP contribution in [0.3, 0.4) is 0 Å². The molecule has 5 heteroatoms. The van der Waals surface area contributed by atoms with Gasteiger partial charge in [0.25, 0.3) is 0 Å². The van der Waals surface area contributed by atoms with E-state index in [1.165, 1.54) is 12.0 Å². The molecule has 86 valence electrons. The van der Waals surface area contributed by atoms with Crippen LogP contribution in [0.2, 0.25) is 0 Å². The van der Waals surface area contributed by atoms with E-state index in [0.29, 0.717) is 25.3 Å². The Morgan fingerprint density at radius 3 is 2.81 bits per heavy atom. The standard InChI is InChI=1S/C11H13NO4/c1-16-10-5-7-2-3-12(11(14)15)6-8(7)4-9(10)13/h4-5,13H,2-3,6H2,1H3,(H,14,15). The molecule has 0 bridgehead atoms. The van der Waals surface area contributed by atoms with Gasteiger partial charge in [-0.2, -0.15) is 0 Å². The van der Waals surface area contributed by atoms with Crippen molar-refractivity contribution in [2.24, 2.45) is 0 Å². The zero-order valence-corrected chi connectivity index (χ0v) is 8.93. The predicted octanol–water partition coefficient (Wildman–Crippen LogP) is 1.44. The molecule has 0 fully saturated rings. The zero-order chi connectivity index (χ0) is 11.7. The van der Waals surface area contributed by atoms with Crippen molar-refractivity contribution < 1.29 is 19.7 Å². The molecule has 0 saturated carbocycles. The average Bonchev–Trinajstić information content (AvgIpc) is 2.27. The molecule has 0 aromatic heterocycles. The number of phenols is 1. The Bertz CT molecular complexity index is 430. The topological polar surface area (TPSA) is 70.0 Å². The third-order valence-corrected chi connectivity index (χ3v) is 2.78. The van der Waals surface area contributed by atoms with Crippen molar-refractivity contribution in [1.82, 2.24) is 4.90 Å². The molecule has 0 aliphatic carbocycles. The summed E-state index contributed by atoms with van der Waals surface area (Å²) in [5.74, 6) is 0.482. The number of rotatable bonds is 1. The molecular weight excluding hydrogens is 210 g/mol. The van der Waals surface area contributed by atoms with E-state index in [9.17, 15) is 9.90 Å². The van der Waals surface area contributed by atoms with Gasteiger partial charge in [0.15, 0.2) is 11.5 Å². The first-order valence-electron chi connectivity index (χ1n) is 4.98. The van der Waals surface area contributed by atoms with Crippen LogP contribution < -0.4 is 4.74 Å². The Balaban J connectivity index is 2.33. The van der Waals surface area contributed by atoms with Gasteiger partial charge < -0.3 is 19.8 Å². The van der Waals surface area contributed by atoms with Crippen LogP contribution in [0.4, 0.5) is 4.79 Å². The van der Waals surface area contributed by atoms with Crippen LogP contribution in [-0.4, -0.2) is 34.9 Å². The zero-order valence-electron chi connectivity index (χ0n) is 8.93. The van der Waals surface area contributed by atoms with E-state index in [-0.39, 0.29) is 5.75 Å². The lowest BCUT2D eigenvalue weighted by Crippen LogP contribution is -2.34. The smallest absolute Gasteiger partial charge is 0.407 e. The summed E-state index contributed by atoms with van der Waals surface area (Å²) in [5.41, 5.74) is 1.87. The van der Waals surface area contributed by atoms with E-state index in [4.69, 9.17) is 9.84 Å². The number of phenolic OH excluding ortho intramolecular Hbond substituents is 1. The Morgan fingerprint density at radius 1 is 1.44 bits per heavy atom. The van der Waals surface area contributed by atoms with Crippen LogP contribution in [0.1, 0.15) is 11.1 Å². The molecule has 1 heterocycles. The molecule has 1 amide bonds. The minimum Gasteiger partial charge on any atom is -0.504 e. The van der Waals surface area contributed by atoms with Crippen LogP contribution in [0.5, 0.6) is 11.5 Å². The second-order valence-electron chi connectivity index (χ2n) is 3.75. The molecule has 2 N–H and O–H groups in total. The number of nitrogens with zero attached hydrogens (tertiary/aromatic N) is 1. The molecule has 1 aromatic rings. The van der Waals surface area contributed by atoms with E-state index in [1.54, 1.807) is 12.1 Å². The monoisotopic (exact) mass is 223 g/mol. The number of hydrogen-bond acceptors (Lipinski definition) is 3. The third kappa shape index (κ3) is 1.76. The fraction of sp³-hybridized carbons (Fsp3) is 0.364. The molecule has 1 aliphatic heterocycles. The van der Waals surface area contributed by atoms with Crippen molar-refractivity contribution in [3.05, 3.63) is 23.3 Å². The van der Waals surface area contributed by atoms with Crippen LogP contribution in [0.15, 0.2) is 12.1 Å². The van der Waals surface area contributed by atoms with E-state index in [0.717, 1.165) is 11.1 Å². The molecule has 0 unspecified atom stereocenters. The number of carboxylic acid groups (broad SMARTS) is 1. The van der Waals surface area contributed by atoms with Crippen molar-refractivity contribution in [2.75, 3.05) is 13.7 Å². The summed E-state index contributed by atoms with van der Waals surface area (Å²) in [7, 11) is 1.49. The molecule has 0 radical (unpaired) electrons. The van der Waals surface area contributed by atoms with Crippen LogP contribution >= 0.6 is 0 Å². The van der Waals surface area contributed by atoms with Crippen LogP contribution in [0, 0.1) is 0 Å². The van der Waals surface area contributed by atoms with Gasteiger partial charge in [0, 0.05) is 13.1 Å². The minimum atomic E-state index is -0.930. The quantitative estimate of drug-likeness (QED) is 0.755. The van der Waals surface area contributed by atoms with Gasteiger partial charge >= 0.3 is 6.09 Å². The highest BCUT2D eigenvalue weighted by molar-refractivity contribution is 5.66. The van der Waals surface area contributed by atoms with Gasteiger partial charge in [-0.15, -0.1) is 0 Å². The van der Waals surface area contributed by atoms with Gasteiger partial charge in [0.2, 0.25) is 0 Å². The van der Waals surface area contributed by atoms with E-state index in [1.807, 2.05) is 0 Å². The van der Waals surface area contributed by atoms with Gasteiger partial charge in [0.05, 0.1) is 7.11 Å². The molecule has 5 nitrogen and oxygen atoms in total. The van der Waals surface area contributed by atoms with Crippen molar-refractivity contribution in [1.29, 1.82) is 0 Å². The first-order valence-corrected chi connectivity index (χ1v) is 4.98. The normalized spacial score (nSPS) is 14.4.